The topological polar surface area (TPSA) is 26.1 Å². The Morgan fingerprint density at radius 3 is 0.993 bits per heavy atom. The van der Waals surface area contributed by atoms with E-state index in [2.05, 4.69) is 559 Å². The number of benzene rings is 25. The molecule has 27 aromatic rings. The van der Waals surface area contributed by atoms with Crippen LogP contribution in [0.3, 0.4) is 0 Å². The normalized spacial score (nSPS) is 12.7. The maximum atomic E-state index is 6.17. The van der Waals surface area contributed by atoms with Gasteiger partial charge in [-0.05, 0) is 348 Å². The van der Waals surface area contributed by atoms with Gasteiger partial charge in [0.05, 0.1) is 5.69 Å². The molecular weight excluding hydrogens is 1830 g/mol. The van der Waals surface area contributed by atoms with E-state index >= 15 is 0 Å². The summed E-state index contributed by atoms with van der Waals surface area (Å²) in [6.45, 7) is 14.1. The van der Waals surface area contributed by atoms with Crippen molar-refractivity contribution < 1.29 is 4.42 Å². The SMILES string of the molecule is CC1(C)c2cc(N(c3ccccc3)c3ccccc3)ccc2-c2ccc(N(c3ccc(-c4ccc(-c5cccc6c5sc5ccccc56)cc4)cc3)c3ccc4c5ccccc5c5ccccc5c4c3)cc21.Cc1cc(-c2ccc3oc4ccccc4c3c2)ccc1-c1ccc(N(c2ccc3c(c2)C(C)(C)c2cc(N(c4ccccc4)c4cccc5ccccc45)ccc2-3)c2ccc3c4ccccc4c4ccccc4c3c2)cc1C. The monoisotopic (exact) mass is 1930 g/mol. The molecule has 0 aliphatic heterocycles. The molecule has 0 N–H and O–H groups in total. The van der Waals surface area contributed by atoms with Crippen LogP contribution >= 0.6 is 11.3 Å². The number of anilines is 12. The highest BCUT2D eigenvalue weighted by molar-refractivity contribution is 7.26. The molecule has 2 aromatic heterocycles. The van der Waals surface area contributed by atoms with Gasteiger partial charge in [-0.2, -0.15) is 0 Å². The molecule has 0 saturated carbocycles. The molecule has 5 nitrogen and oxygen atoms in total. The van der Waals surface area contributed by atoms with Crippen LogP contribution in [0.15, 0.2) is 514 Å². The molecule has 0 bridgehead atoms. The van der Waals surface area contributed by atoms with Crippen LogP contribution in [0.5, 0.6) is 0 Å². The van der Waals surface area contributed by atoms with E-state index in [4.69, 9.17) is 4.42 Å². The van der Waals surface area contributed by atoms with Gasteiger partial charge < -0.3 is 24.0 Å². The van der Waals surface area contributed by atoms with E-state index in [9.17, 15) is 0 Å². The van der Waals surface area contributed by atoms with Crippen LogP contribution < -0.4 is 19.6 Å². The predicted octanol–water partition coefficient (Wildman–Crippen LogP) is 41.5. The van der Waals surface area contributed by atoms with Gasteiger partial charge in [0.2, 0.25) is 0 Å². The van der Waals surface area contributed by atoms with Crippen LogP contribution in [-0.4, -0.2) is 0 Å². The van der Waals surface area contributed by atoms with E-state index in [1.165, 1.54) is 196 Å². The molecule has 0 unspecified atom stereocenters. The number of nitrogens with zero attached hydrogens (tertiary/aromatic N) is 4. The highest BCUT2D eigenvalue weighted by Gasteiger charge is 2.40. The molecule has 0 spiro atoms. The smallest absolute Gasteiger partial charge is 0.135 e. The van der Waals surface area contributed by atoms with Crippen LogP contribution in [0.4, 0.5) is 68.2 Å². The third-order valence-electron chi connectivity index (χ3n) is 32.1. The van der Waals surface area contributed by atoms with Gasteiger partial charge in [-0.15, -0.1) is 11.3 Å². The largest absolute Gasteiger partial charge is 0.456 e. The van der Waals surface area contributed by atoms with E-state index in [1.54, 1.807) is 0 Å². The van der Waals surface area contributed by atoms with Crippen molar-refractivity contribution in [3.63, 3.8) is 0 Å². The van der Waals surface area contributed by atoms with Crippen molar-refractivity contribution in [3.05, 3.63) is 543 Å². The molecule has 0 saturated heterocycles. The van der Waals surface area contributed by atoms with Crippen LogP contribution in [0.2, 0.25) is 0 Å². The number of para-hydroxylation sites is 4. The Kier molecular flexibility index (Phi) is 21.3. The Morgan fingerprint density at radius 2 is 0.493 bits per heavy atom. The van der Waals surface area contributed by atoms with E-state index < -0.39 is 0 Å². The molecule has 0 atom stereocenters. The average Bonchev–Trinajstić information content (AvgIpc) is 1.55. The minimum Gasteiger partial charge on any atom is -0.456 e. The number of hydrogen-bond acceptors (Lipinski definition) is 6. The summed E-state index contributed by atoms with van der Waals surface area (Å²) in [6, 6.07) is 188. The van der Waals surface area contributed by atoms with E-state index in [-0.39, 0.29) is 10.8 Å². The van der Waals surface area contributed by atoms with Crippen molar-refractivity contribution >= 4 is 197 Å². The first kappa shape index (κ1) is 89.2. The third-order valence-corrected chi connectivity index (χ3v) is 33.3. The van der Waals surface area contributed by atoms with Crippen molar-refractivity contribution in [2.75, 3.05) is 19.6 Å². The molecule has 2 aliphatic rings. The molecule has 0 fully saturated rings. The number of hydrogen-bond donors (Lipinski definition) is 0. The van der Waals surface area contributed by atoms with Gasteiger partial charge in [0.25, 0.3) is 0 Å². The lowest BCUT2D eigenvalue weighted by Gasteiger charge is -2.30. The molecule has 0 amide bonds. The quantitative estimate of drug-likeness (QED) is 0.0899. The number of rotatable bonds is 16. The fourth-order valence-corrected chi connectivity index (χ4v) is 26.0. The summed E-state index contributed by atoms with van der Waals surface area (Å²) in [7, 11) is 0. The Labute approximate surface area is 876 Å². The molecule has 2 aliphatic carbocycles. The van der Waals surface area contributed by atoms with E-state index in [1.807, 2.05) is 23.5 Å². The summed E-state index contributed by atoms with van der Waals surface area (Å²) in [6.07, 6.45) is 0. The maximum absolute atomic E-state index is 6.17. The Hall–Kier alpha value is -18.5. The lowest BCUT2D eigenvalue weighted by Crippen LogP contribution is -2.18. The van der Waals surface area contributed by atoms with Gasteiger partial charge in [-0.1, -0.05) is 373 Å². The summed E-state index contributed by atoms with van der Waals surface area (Å²) in [4.78, 5) is 9.73. The van der Waals surface area contributed by atoms with Crippen molar-refractivity contribution in [3.8, 4) is 66.8 Å². The molecule has 29 rings (SSSR count). The highest BCUT2D eigenvalue weighted by atomic mass is 32.1. The van der Waals surface area contributed by atoms with E-state index in [0.717, 1.165) is 90.2 Å². The van der Waals surface area contributed by atoms with E-state index in [0.29, 0.717) is 0 Å². The van der Waals surface area contributed by atoms with Gasteiger partial charge in [-0.3, -0.25) is 0 Å². The zero-order valence-corrected chi connectivity index (χ0v) is 84.9. The summed E-state index contributed by atoms with van der Waals surface area (Å²) >= 11 is 1.88. The second-order valence-electron chi connectivity index (χ2n) is 41.4. The van der Waals surface area contributed by atoms with Gasteiger partial charge in [0.1, 0.15) is 11.2 Å². The van der Waals surface area contributed by atoms with Crippen LogP contribution in [0, 0.1) is 13.8 Å². The molecule has 2 heterocycles. The zero-order valence-electron chi connectivity index (χ0n) is 84.1. The first-order valence-corrected chi connectivity index (χ1v) is 52.9. The zero-order chi connectivity index (χ0) is 100. The lowest BCUT2D eigenvalue weighted by atomic mass is 9.82. The maximum Gasteiger partial charge on any atom is 0.135 e. The number of fused-ring (bicyclic) bond motifs is 25. The fraction of sp³-hybridized carbons (Fsp3) is 0.0556. The Bertz CT molecular complexity index is 10000. The first-order valence-electron chi connectivity index (χ1n) is 52.0. The van der Waals surface area contributed by atoms with Gasteiger partial charge >= 0.3 is 0 Å². The second-order valence-corrected chi connectivity index (χ2v) is 42.5. The van der Waals surface area contributed by atoms with Gasteiger partial charge in [0.15, 0.2) is 0 Å². The average molecular weight is 1940 g/mol. The predicted molar refractivity (Wildman–Crippen MR) is 641 cm³/mol. The first-order chi connectivity index (χ1) is 73.7. The fourth-order valence-electron chi connectivity index (χ4n) is 24.7. The van der Waals surface area contributed by atoms with Crippen molar-refractivity contribution in [1.82, 2.24) is 0 Å². The second kappa shape index (κ2) is 35.7. The van der Waals surface area contributed by atoms with Crippen molar-refractivity contribution in [1.29, 1.82) is 0 Å². The summed E-state index contributed by atoms with van der Waals surface area (Å²) in [5, 5.41) is 22.5. The summed E-state index contributed by atoms with van der Waals surface area (Å²) in [5.41, 5.74) is 37.4. The van der Waals surface area contributed by atoms with Crippen LogP contribution in [-0.2, 0) is 10.8 Å². The third kappa shape index (κ3) is 14.9. The van der Waals surface area contributed by atoms with Crippen LogP contribution in [0.1, 0.15) is 61.1 Å². The molecule has 0 radical (unpaired) electrons. The molecule has 6 heteroatoms. The lowest BCUT2D eigenvalue weighted by molar-refractivity contribution is 0.660. The highest BCUT2D eigenvalue weighted by Crippen LogP contribution is 2.58. The van der Waals surface area contributed by atoms with Gasteiger partial charge in [0, 0.05) is 110 Å². The summed E-state index contributed by atoms with van der Waals surface area (Å²) in [5.74, 6) is 0. The number of furan rings is 1. The van der Waals surface area contributed by atoms with Crippen molar-refractivity contribution in [2.24, 2.45) is 0 Å². The Balaban J connectivity index is 0.000000145. The standard InChI is InChI=1S/C75H54N2O.C69H48N2S/c1-47-41-50(51-30-40-74-69(43-51)67-26-14-15-28-73(67)78-74)29-35-57(47)58-36-31-53(42-48(58)2)76(54-32-37-64-62-24-11-10-22-60(62)61-23-12-13-25-63(61)68(64)44-54)55-33-38-65-66-39-34-56(46-71(66)75(3,4)70(65)45-55)77(52-19-6-5-7-20-52)72-27-16-18-49-17-8-9-21-59(49)72;1-69(2)65-43-52(70(48-16-5-3-6-17-48)49-18-7-4-8-19-49)37-40-60(65)61-41-38-53(44-66(61)69)71(51-36-39-59-57-22-10-9-20-55(57)56-21-11-12-23-58(56)64(59)42-51)50-34-32-46(33-35-50)45-28-30-47(31-29-45)54-25-15-26-63-62-24-13-14-27-67(62)72-68(54)63/h5-46H,1-4H3;3-44H,1-2H3. The molecule has 710 valence electrons. The molecule has 150 heavy (non-hydrogen) atoms. The number of thiophene rings is 1. The molecule has 25 aromatic carbocycles. The van der Waals surface area contributed by atoms with Gasteiger partial charge in [-0.25, -0.2) is 0 Å². The molecular formula is C144H102N4OS. The minimum absolute atomic E-state index is 0.265. The van der Waals surface area contributed by atoms with Crippen molar-refractivity contribution in [2.45, 2.75) is 52.4 Å². The minimum atomic E-state index is -0.302. The Morgan fingerprint density at radius 1 is 0.180 bits per heavy atom. The number of aryl methyl sites for hydroxylation is 2. The van der Waals surface area contributed by atoms with Crippen LogP contribution in [0.25, 0.3) is 184 Å². The summed E-state index contributed by atoms with van der Waals surface area (Å²) < 4.78 is 8.84.